The van der Waals surface area contributed by atoms with E-state index in [4.69, 9.17) is 9.47 Å². The molecule has 27 heavy (non-hydrogen) atoms. The molecular formula is C19H16N2O5S. The van der Waals surface area contributed by atoms with Crippen LogP contribution in [0.2, 0.25) is 0 Å². The smallest absolute Gasteiger partial charge is 0.286 e. The van der Waals surface area contributed by atoms with E-state index in [2.05, 4.69) is 10.6 Å². The number of hydrogen-bond donors (Lipinski definition) is 2. The third-order valence-corrected chi connectivity index (χ3v) is 5.19. The van der Waals surface area contributed by atoms with Gasteiger partial charge in [-0.2, -0.15) is 0 Å². The van der Waals surface area contributed by atoms with E-state index >= 15 is 0 Å². The van der Waals surface area contributed by atoms with Crippen molar-refractivity contribution < 1.29 is 23.9 Å². The fraction of sp³-hybridized carbons (Fsp3) is 0.211. The van der Waals surface area contributed by atoms with Crippen LogP contribution in [0.5, 0.6) is 11.5 Å². The van der Waals surface area contributed by atoms with Gasteiger partial charge in [0.05, 0.1) is 10.8 Å². The number of carbonyl (C=O) groups excluding carboxylic acids is 3. The van der Waals surface area contributed by atoms with E-state index in [1.165, 1.54) is 0 Å². The second-order valence-corrected chi connectivity index (χ2v) is 7.29. The molecule has 2 aliphatic heterocycles. The summed E-state index contributed by atoms with van der Waals surface area (Å²) < 4.78 is 11.4. The second-order valence-electron chi connectivity index (χ2n) is 6.12. The third-order valence-electron chi connectivity index (χ3n) is 4.21. The Morgan fingerprint density at radius 3 is 2.56 bits per heavy atom. The number of carbonyl (C=O) groups is 3. The zero-order valence-electron chi connectivity index (χ0n) is 14.1. The molecule has 0 bridgehead atoms. The first-order chi connectivity index (χ1) is 13.1. The van der Waals surface area contributed by atoms with Crippen LogP contribution in [0.1, 0.15) is 15.9 Å². The van der Waals surface area contributed by atoms with Crippen molar-refractivity contribution in [2.75, 3.05) is 6.61 Å². The minimum Gasteiger partial charge on any atom is -0.488 e. The van der Waals surface area contributed by atoms with Crippen molar-refractivity contribution >= 4 is 28.8 Å². The van der Waals surface area contributed by atoms with Gasteiger partial charge >= 0.3 is 0 Å². The van der Waals surface area contributed by atoms with Crippen LogP contribution < -0.4 is 20.1 Å². The van der Waals surface area contributed by atoms with Gasteiger partial charge < -0.3 is 14.8 Å². The molecule has 2 aromatic carbocycles. The van der Waals surface area contributed by atoms with Gasteiger partial charge in [0, 0.05) is 0 Å². The Labute approximate surface area is 159 Å². The summed E-state index contributed by atoms with van der Waals surface area (Å²) in [6.45, 7) is 0.162. The van der Waals surface area contributed by atoms with Crippen molar-refractivity contribution in [3.8, 4) is 11.5 Å². The Morgan fingerprint density at radius 2 is 1.81 bits per heavy atom. The predicted molar refractivity (Wildman–Crippen MR) is 98.9 cm³/mol. The van der Waals surface area contributed by atoms with E-state index in [0.717, 1.165) is 17.3 Å². The Bertz CT molecular complexity index is 899. The van der Waals surface area contributed by atoms with E-state index in [0.29, 0.717) is 23.5 Å². The maximum atomic E-state index is 12.1. The van der Waals surface area contributed by atoms with Crippen molar-refractivity contribution in [2.45, 2.75) is 17.9 Å². The highest BCUT2D eigenvalue weighted by molar-refractivity contribution is 8.15. The molecule has 2 aromatic rings. The first kappa shape index (κ1) is 17.4. The van der Waals surface area contributed by atoms with E-state index in [9.17, 15) is 14.4 Å². The second kappa shape index (κ2) is 7.32. The first-order valence-corrected chi connectivity index (χ1v) is 9.26. The lowest BCUT2D eigenvalue weighted by molar-refractivity contribution is -0.118. The minimum absolute atomic E-state index is 0.162. The maximum Gasteiger partial charge on any atom is 0.286 e. The number of benzene rings is 2. The average molecular weight is 384 g/mol. The van der Waals surface area contributed by atoms with Crippen LogP contribution in [0.15, 0.2) is 48.5 Å². The number of amides is 3. The molecule has 4 rings (SSSR count). The molecule has 2 atom stereocenters. The van der Waals surface area contributed by atoms with Crippen LogP contribution in [0.3, 0.4) is 0 Å². The average Bonchev–Trinajstić information content (AvgIpc) is 2.98. The SMILES string of the molecule is O=C1NC(=O)C(Cc2ccc(OCC3NC(=O)c4ccccc4O3)cc2)S1. The highest BCUT2D eigenvalue weighted by Gasteiger charge is 2.31. The molecule has 0 spiro atoms. The van der Waals surface area contributed by atoms with Crippen molar-refractivity contribution in [1.29, 1.82) is 0 Å². The number of ether oxygens (including phenoxy) is 2. The van der Waals surface area contributed by atoms with E-state index < -0.39 is 11.5 Å². The van der Waals surface area contributed by atoms with Gasteiger partial charge in [-0.25, -0.2) is 0 Å². The van der Waals surface area contributed by atoms with Gasteiger partial charge in [0.25, 0.3) is 11.1 Å². The lowest BCUT2D eigenvalue weighted by Crippen LogP contribution is -2.46. The van der Waals surface area contributed by atoms with Crippen LogP contribution in [0.4, 0.5) is 4.79 Å². The van der Waals surface area contributed by atoms with E-state index in [-0.39, 0.29) is 23.7 Å². The van der Waals surface area contributed by atoms with Gasteiger partial charge in [-0.3, -0.25) is 19.7 Å². The summed E-state index contributed by atoms with van der Waals surface area (Å²) in [4.78, 5) is 34.9. The van der Waals surface area contributed by atoms with Crippen molar-refractivity contribution in [1.82, 2.24) is 10.6 Å². The summed E-state index contributed by atoms with van der Waals surface area (Å²) >= 11 is 1.01. The molecule has 8 heteroatoms. The number of thioether (sulfide) groups is 1. The summed E-state index contributed by atoms with van der Waals surface area (Å²) in [7, 11) is 0. The van der Waals surface area contributed by atoms with Gasteiger partial charge in [-0.05, 0) is 36.2 Å². The van der Waals surface area contributed by atoms with Gasteiger partial charge in [0.15, 0.2) is 0 Å². The molecule has 2 unspecified atom stereocenters. The number of imide groups is 1. The Kier molecular flexibility index (Phi) is 4.72. The number of hydrogen-bond acceptors (Lipinski definition) is 6. The first-order valence-electron chi connectivity index (χ1n) is 8.38. The Hall–Kier alpha value is -3.00. The van der Waals surface area contributed by atoms with Crippen LogP contribution in [-0.4, -0.2) is 35.1 Å². The van der Waals surface area contributed by atoms with Crippen LogP contribution >= 0.6 is 11.8 Å². The quantitative estimate of drug-likeness (QED) is 0.820. The van der Waals surface area contributed by atoms with Gasteiger partial charge in [-0.15, -0.1) is 0 Å². The molecule has 1 saturated heterocycles. The van der Waals surface area contributed by atoms with Gasteiger partial charge in [-0.1, -0.05) is 36.0 Å². The molecule has 2 N–H and O–H groups in total. The standard InChI is InChI=1S/C19H16N2O5S/c22-17-13-3-1-2-4-14(13)26-16(20-17)10-25-12-7-5-11(6-8-12)9-15-18(23)21-19(24)27-15/h1-8,15-16H,9-10H2,(H,20,22)(H,21,23,24). The maximum absolute atomic E-state index is 12.1. The lowest BCUT2D eigenvalue weighted by atomic mass is 10.1. The molecule has 0 radical (unpaired) electrons. The predicted octanol–water partition coefficient (Wildman–Crippen LogP) is 2.11. The van der Waals surface area contributed by atoms with E-state index in [1.54, 1.807) is 30.3 Å². The summed E-state index contributed by atoms with van der Waals surface area (Å²) in [6, 6.07) is 14.3. The van der Waals surface area contributed by atoms with Crippen molar-refractivity contribution in [2.24, 2.45) is 0 Å². The largest absolute Gasteiger partial charge is 0.488 e. The Balaban J connectivity index is 1.32. The molecule has 3 amide bonds. The number of nitrogens with one attached hydrogen (secondary N) is 2. The van der Waals surface area contributed by atoms with E-state index in [1.807, 2.05) is 18.2 Å². The molecule has 2 aliphatic rings. The molecule has 2 heterocycles. The highest BCUT2D eigenvalue weighted by Crippen LogP contribution is 2.25. The zero-order chi connectivity index (χ0) is 18.8. The van der Waals surface area contributed by atoms with Crippen LogP contribution in [0, 0.1) is 0 Å². The fourth-order valence-corrected chi connectivity index (χ4v) is 3.73. The third kappa shape index (κ3) is 3.90. The molecule has 0 saturated carbocycles. The Morgan fingerprint density at radius 1 is 1.04 bits per heavy atom. The molecule has 138 valence electrons. The number of fused-ring (bicyclic) bond motifs is 1. The monoisotopic (exact) mass is 384 g/mol. The van der Waals surface area contributed by atoms with Crippen LogP contribution in [0.25, 0.3) is 0 Å². The lowest BCUT2D eigenvalue weighted by Gasteiger charge is -2.26. The van der Waals surface area contributed by atoms with Crippen LogP contribution in [-0.2, 0) is 11.2 Å². The van der Waals surface area contributed by atoms with Gasteiger partial charge in [0.2, 0.25) is 12.1 Å². The summed E-state index contributed by atoms with van der Waals surface area (Å²) in [5, 5.41) is 4.33. The normalized spacial score (nSPS) is 21.1. The molecule has 0 aliphatic carbocycles. The molecule has 1 fully saturated rings. The molecule has 0 aromatic heterocycles. The summed E-state index contributed by atoms with van der Waals surface area (Å²) in [5.74, 6) is 0.709. The summed E-state index contributed by atoms with van der Waals surface area (Å²) in [5.41, 5.74) is 1.44. The minimum atomic E-state index is -0.573. The fourth-order valence-electron chi connectivity index (χ4n) is 2.87. The van der Waals surface area contributed by atoms with Gasteiger partial charge in [0.1, 0.15) is 18.1 Å². The number of para-hydroxylation sites is 1. The molecular weight excluding hydrogens is 368 g/mol. The zero-order valence-corrected chi connectivity index (χ0v) is 15.0. The molecule has 7 nitrogen and oxygen atoms in total. The highest BCUT2D eigenvalue weighted by atomic mass is 32.2. The van der Waals surface area contributed by atoms with Crippen molar-refractivity contribution in [3.05, 3.63) is 59.7 Å². The topological polar surface area (TPSA) is 93.7 Å². The number of rotatable bonds is 5. The summed E-state index contributed by atoms with van der Waals surface area (Å²) in [6.07, 6.45) is -0.0992. The van der Waals surface area contributed by atoms with Crippen molar-refractivity contribution in [3.63, 3.8) is 0 Å².